The first-order chi connectivity index (χ1) is 8.17. The monoisotopic (exact) mass is 233 g/mol. The summed E-state index contributed by atoms with van der Waals surface area (Å²) in [5.74, 6) is 0. The molecule has 0 N–H and O–H groups in total. The molecule has 0 aliphatic carbocycles. The van der Waals surface area contributed by atoms with E-state index in [-0.39, 0.29) is 0 Å². The molecule has 1 nitrogen and oxygen atoms in total. The highest BCUT2D eigenvalue weighted by Crippen LogP contribution is 2.14. The van der Waals surface area contributed by atoms with E-state index >= 15 is 0 Å². The maximum atomic E-state index is 2.50. The first kappa shape index (κ1) is 14.2. The summed E-state index contributed by atoms with van der Waals surface area (Å²) in [6.07, 6.45) is 5.23. The molecule has 0 radical (unpaired) electrons. The predicted molar refractivity (Wildman–Crippen MR) is 76.3 cm³/mol. The molecule has 1 rings (SSSR count). The van der Waals surface area contributed by atoms with Gasteiger partial charge in [0.25, 0.3) is 0 Å². The van der Waals surface area contributed by atoms with Crippen molar-refractivity contribution in [1.82, 2.24) is 4.90 Å². The van der Waals surface area contributed by atoms with Gasteiger partial charge in [-0.3, -0.25) is 4.90 Å². The molecule has 1 aromatic carbocycles. The lowest BCUT2D eigenvalue weighted by Crippen LogP contribution is -2.30. The number of rotatable bonds is 7. The number of aryl methyl sites for hydroxylation is 1. The highest BCUT2D eigenvalue weighted by Gasteiger charge is 2.12. The van der Waals surface area contributed by atoms with Crippen LogP contribution in [-0.2, 0) is 6.54 Å². The van der Waals surface area contributed by atoms with Crippen LogP contribution >= 0.6 is 0 Å². The van der Waals surface area contributed by atoms with Crippen LogP contribution in [0.25, 0.3) is 0 Å². The van der Waals surface area contributed by atoms with Gasteiger partial charge in [-0.1, -0.05) is 56.5 Å². The van der Waals surface area contributed by atoms with E-state index in [1.165, 1.54) is 36.8 Å². The fraction of sp³-hybridized carbons (Fsp3) is 0.625. The van der Waals surface area contributed by atoms with E-state index in [0.717, 1.165) is 12.6 Å². The maximum Gasteiger partial charge on any atom is 0.0233 e. The third kappa shape index (κ3) is 4.91. The van der Waals surface area contributed by atoms with Gasteiger partial charge < -0.3 is 0 Å². The summed E-state index contributed by atoms with van der Waals surface area (Å²) >= 11 is 0. The quantitative estimate of drug-likeness (QED) is 0.675. The molecule has 1 unspecified atom stereocenters. The Morgan fingerprint density at radius 2 is 1.76 bits per heavy atom. The van der Waals surface area contributed by atoms with Crippen LogP contribution in [0.5, 0.6) is 0 Å². The molecule has 0 saturated carbocycles. The fourth-order valence-electron chi connectivity index (χ4n) is 2.29. The molecule has 0 aliphatic heterocycles. The van der Waals surface area contributed by atoms with E-state index in [0.29, 0.717) is 0 Å². The number of hydrogen-bond acceptors (Lipinski definition) is 1. The Kier molecular flexibility index (Phi) is 6.28. The van der Waals surface area contributed by atoms with Gasteiger partial charge in [-0.05, 0) is 32.4 Å². The lowest BCUT2D eigenvalue weighted by Gasteiger charge is -2.27. The Morgan fingerprint density at radius 1 is 1.12 bits per heavy atom. The maximum absolute atomic E-state index is 2.50. The molecule has 0 spiro atoms. The van der Waals surface area contributed by atoms with Gasteiger partial charge in [-0.15, -0.1) is 0 Å². The summed E-state index contributed by atoms with van der Waals surface area (Å²) in [7, 11) is 2.25. The van der Waals surface area contributed by atoms with Crippen molar-refractivity contribution in [2.75, 3.05) is 7.05 Å². The highest BCUT2D eigenvalue weighted by molar-refractivity contribution is 5.21. The van der Waals surface area contributed by atoms with Crippen LogP contribution in [-0.4, -0.2) is 18.0 Å². The molecule has 0 bridgehead atoms. The molecule has 0 heterocycles. The average Bonchev–Trinajstić information content (AvgIpc) is 2.33. The Hall–Kier alpha value is -0.820. The summed E-state index contributed by atoms with van der Waals surface area (Å²) in [4.78, 5) is 2.50. The Balaban J connectivity index is 2.51. The number of nitrogens with zero attached hydrogens (tertiary/aromatic N) is 1. The smallest absolute Gasteiger partial charge is 0.0233 e. The first-order valence-electron chi connectivity index (χ1n) is 6.93. The van der Waals surface area contributed by atoms with Crippen LogP contribution in [0.2, 0.25) is 0 Å². The molecule has 0 saturated heterocycles. The minimum atomic E-state index is 0.733. The van der Waals surface area contributed by atoms with Crippen LogP contribution in [0.3, 0.4) is 0 Å². The van der Waals surface area contributed by atoms with E-state index in [1.54, 1.807) is 0 Å². The summed E-state index contributed by atoms with van der Waals surface area (Å²) in [6, 6.07) is 9.64. The number of hydrogen-bond donors (Lipinski definition) is 0. The van der Waals surface area contributed by atoms with E-state index in [2.05, 4.69) is 57.0 Å². The Morgan fingerprint density at radius 3 is 2.29 bits per heavy atom. The van der Waals surface area contributed by atoms with Gasteiger partial charge in [0.2, 0.25) is 0 Å². The first-order valence-corrected chi connectivity index (χ1v) is 6.93. The third-order valence-corrected chi connectivity index (χ3v) is 3.54. The van der Waals surface area contributed by atoms with Crippen molar-refractivity contribution in [1.29, 1.82) is 0 Å². The summed E-state index contributed by atoms with van der Waals surface area (Å²) < 4.78 is 0. The van der Waals surface area contributed by atoms with Crippen molar-refractivity contribution in [3.63, 3.8) is 0 Å². The minimum Gasteiger partial charge on any atom is -0.299 e. The van der Waals surface area contributed by atoms with E-state index in [1.807, 2.05) is 0 Å². The predicted octanol–water partition coefficient (Wildman–Crippen LogP) is 4.40. The Bertz CT molecular complexity index is 302. The lowest BCUT2D eigenvalue weighted by molar-refractivity contribution is 0.212. The zero-order valence-corrected chi connectivity index (χ0v) is 11.9. The van der Waals surface area contributed by atoms with E-state index in [9.17, 15) is 0 Å². The number of benzene rings is 1. The van der Waals surface area contributed by atoms with Crippen LogP contribution < -0.4 is 0 Å². The van der Waals surface area contributed by atoms with Crippen molar-refractivity contribution in [2.24, 2.45) is 0 Å². The second kappa shape index (κ2) is 7.50. The van der Waals surface area contributed by atoms with Crippen LogP contribution in [0.15, 0.2) is 24.3 Å². The summed E-state index contributed by atoms with van der Waals surface area (Å²) in [6.45, 7) is 7.78. The van der Waals surface area contributed by atoms with E-state index in [4.69, 9.17) is 0 Å². The summed E-state index contributed by atoms with van der Waals surface area (Å²) in [5, 5.41) is 0. The fourth-order valence-corrected chi connectivity index (χ4v) is 2.29. The van der Waals surface area contributed by atoms with Gasteiger partial charge in [0, 0.05) is 12.6 Å². The Labute approximate surface area is 107 Å². The third-order valence-electron chi connectivity index (χ3n) is 3.54. The highest BCUT2D eigenvalue weighted by atomic mass is 15.1. The topological polar surface area (TPSA) is 3.24 Å². The van der Waals surface area contributed by atoms with Crippen molar-refractivity contribution in [3.8, 4) is 0 Å². The SMILES string of the molecule is CCCCC(CC)N(C)Cc1ccc(C)cc1. The minimum absolute atomic E-state index is 0.733. The van der Waals surface area contributed by atoms with Crippen molar-refractivity contribution in [2.45, 2.75) is 59.0 Å². The van der Waals surface area contributed by atoms with Crippen molar-refractivity contribution < 1.29 is 0 Å². The van der Waals surface area contributed by atoms with Gasteiger partial charge in [-0.25, -0.2) is 0 Å². The van der Waals surface area contributed by atoms with Gasteiger partial charge in [0.05, 0.1) is 0 Å². The van der Waals surface area contributed by atoms with Crippen molar-refractivity contribution in [3.05, 3.63) is 35.4 Å². The van der Waals surface area contributed by atoms with Crippen molar-refractivity contribution >= 4 is 0 Å². The van der Waals surface area contributed by atoms with Gasteiger partial charge in [0.15, 0.2) is 0 Å². The zero-order valence-electron chi connectivity index (χ0n) is 11.9. The molecule has 96 valence electrons. The average molecular weight is 233 g/mol. The molecular weight excluding hydrogens is 206 g/mol. The standard InChI is InChI=1S/C16H27N/c1-5-7-8-16(6-2)17(4)13-15-11-9-14(3)10-12-15/h9-12,16H,5-8,13H2,1-4H3. The number of unbranched alkanes of at least 4 members (excludes halogenated alkanes) is 1. The van der Waals surface area contributed by atoms with E-state index < -0.39 is 0 Å². The molecule has 0 aromatic heterocycles. The largest absolute Gasteiger partial charge is 0.299 e. The van der Waals surface area contributed by atoms with Gasteiger partial charge in [0.1, 0.15) is 0 Å². The second-order valence-corrected chi connectivity index (χ2v) is 5.11. The molecule has 1 aromatic rings. The molecule has 0 fully saturated rings. The lowest BCUT2D eigenvalue weighted by atomic mass is 10.0. The van der Waals surface area contributed by atoms with Gasteiger partial charge in [-0.2, -0.15) is 0 Å². The molecule has 0 amide bonds. The molecule has 17 heavy (non-hydrogen) atoms. The van der Waals surface area contributed by atoms with Gasteiger partial charge >= 0.3 is 0 Å². The normalized spacial score (nSPS) is 13.0. The van der Waals surface area contributed by atoms with Crippen LogP contribution in [0, 0.1) is 6.92 Å². The molecule has 1 atom stereocenters. The molecule has 0 aliphatic rings. The zero-order chi connectivity index (χ0) is 12.7. The molecule has 1 heteroatoms. The second-order valence-electron chi connectivity index (χ2n) is 5.11. The summed E-state index contributed by atoms with van der Waals surface area (Å²) in [5.41, 5.74) is 2.77. The van der Waals surface area contributed by atoms with Crippen LogP contribution in [0.4, 0.5) is 0 Å². The van der Waals surface area contributed by atoms with Crippen LogP contribution in [0.1, 0.15) is 50.7 Å². The molecular formula is C16H27N.